The van der Waals surface area contributed by atoms with Crippen LogP contribution >= 0.6 is 0 Å². The first-order chi connectivity index (χ1) is 9.52. The summed E-state index contributed by atoms with van der Waals surface area (Å²) in [5, 5.41) is 3.68. The van der Waals surface area contributed by atoms with Crippen molar-refractivity contribution in [1.82, 2.24) is 14.9 Å². The van der Waals surface area contributed by atoms with Gasteiger partial charge < -0.3 is 9.88 Å². The Morgan fingerprint density at radius 3 is 2.50 bits per heavy atom. The number of nitrogens with zero attached hydrogens (tertiary/aromatic N) is 2. The van der Waals surface area contributed by atoms with Gasteiger partial charge in [0.25, 0.3) is 0 Å². The second kappa shape index (κ2) is 6.40. The Balaban J connectivity index is 2.23. The number of nitrogens with one attached hydrogen (secondary N) is 1. The molecule has 0 fully saturated rings. The van der Waals surface area contributed by atoms with Gasteiger partial charge in [0, 0.05) is 12.6 Å². The zero-order valence-corrected chi connectivity index (χ0v) is 13.4. The predicted molar refractivity (Wildman–Crippen MR) is 85.9 cm³/mol. The van der Waals surface area contributed by atoms with Gasteiger partial charge in [0.1, 0.15) is 5.82 Å². The molecule has 0 aliphatic rings. The summed E-state index contributed by atoms with van der Waals surface area (Å²) in [4.78, 5) is 4.82. The summed E-state index contributed by atoms with van der Waals surface area (Å²) in [7, 11) is 0. The highest BCUT2D eigenvalue weighted by Gasteiger charge is 2.17. The number of para-hydroxylation sites is 2. The summed E-state index contributed by atoms with van der Waals surface area (Å²) >= 11 is 0. The molecule has 0 aliphatic carbocycles. The summed E-state index contributed by atoms with van der Waals surface area (Å²) in [6, 6.07) is 9.17. The molecule has 3 heteroatoms. The number of aromatic nitrogens is 2. The van der Waals surface area contributed by atoms with Gasteiger partial charge in [-0.15, -0.1) is 0 Å². The maximum atomic E-state index is 4.82. The molecule has 0 saturated carbocycles. The summed E-state index contributed by atoms with van der Waals surface area (Å²) < 4.78 is 2.31. The van der Waals surface area contributed by atoms with Crippen LogP contribution in [0.2, 0.25) is 0 Å². The molecule has 110 valence electrons. The van der Waals surface area contributed by atoms with Crippen molar-refractivity contribution in [2.45, 2.75) is 59.7 Å². The summed E-state index contributed by atoms with van der Waals surface area (Å²) in [5.74, 6) is 1.86. The van der Waals surface area contributed by atoms with E-state index in [1.54, 1.807) is 0 Å². The van der Waals surface area contributed by atoms with E-state index in [0.29, 0.717) is 6.04 Å². The Hall–Kier alpha value is -1.35. The zero-order valence-electron chi connectivity index (χ0n) is 13.4. The van der Waals surface area contributed by atoms with E-state index < -0.39 is 0 Å². The Morgan fingerprint density at radius 2 is 1.85 bits per heavy atom. The summed E-state index contributed by atoms with van der Waals surface area (Å²) in [6.45, 7) is 12.1. The van der Waals surface area contributed by atoms with Crippen LogP contribution in [0.25, 0.3) is 11.0 Å². The van der Waals surface area contributed by atoms with Crippen molar-refractivity contribution in [2.75, 3.05) is 0 Å². The molecule has 0 aliphatic heterocycles. The molecule has 0 amide bonds. The zero-order chi connectivity index (χ0) is 14.7. The lowest BCUT2D eigenvalue weighted by Crippen LogP contribution is -2.31. The largest absolute Gasteiger partial charge is 0.327 e. The molecule has 2 aromatic rings. The van der Waals surface area contributed by atoms with Crippen molar-refractivity contribution in [3.8, 4) is 0 Å². The molecule has 2 rings (SSSR count). The molecule has 1 heterocycles. The average Bonchev–Trinajstić information content (AvgIpc) is 2.76. The van der Waals surface area contributed by atoms with E-state index in [2.05, 4.69) is 68.8 Å². The Labute approximate surface area is 122 Å². The number of hydrogen-bond donors (Lipinski definition) is 1. The molecule has 0 saturated heterocycles. The summed E-state index contributed by atoms with van der Waals surface area (Å²) in [5.41, 5.74) is 2.32. The van der Waals surface area contributed by atoms with E-state index >= 15 is 0 Å². The van der Waals surface area contributed by atoms with Crippen molar-refractivity contribution in [3.05, 3.63) is 30.1 Å². The van der Waals surface area contributed by atoms with Gasteiger partial charge in [-0.1, -0.05) is 26.0 Å². The molecule has 0 radical (unpaired) electrons. The fourth-order valence-corrected chi connectivity index (χ4v) is 3.03. The van der Waals surface area contributed by atoms with Gasteiger partial charge in [-0.25, -0.2) is 4.98 Å². The van der Waals surface area contributed by atoms with E-state index in [4.69, 9.17) is 4.98 Å². The lowest BCUT2D eigenvalue weighted by molar-refractivity contribution is 0.393. The van der Waals surface area contributed by atoms with Crippen LogP contribution in [0, 0.1) is 5.92 Å². The van der Waals surface area contributed by atoms with Gasteiger partial charge in [-0.3, -0.25) is 0 Å². The average molecular weight is 273 g/mol. The number of fused-ring (bicyclic) bond motifs is 1. The van der Waals surface area contributed by atoms with Gasteiger partial charge in [0.15, 0.2) is 0 Å². The van der Waals surface area contributed by atoms with Gasteiger partial charge in [-0.2, -0.15) is 0 Å². The Bertz CT molecular complexity index is 556. The lowest BCUT2D eigenvalue weighted by Gasteiger charge is -2.21. The molecule has 3 nitrogen and oxygen atoms in total. The van der Waals surface area contributed by atoms with Crippen molar-refractivity contribution < 1.29 is 0 Å². The van der Waals surface area contributed by atoms with E-state index in [-0.39, 0.29) is 6.04 Å². The smallest absolute Gasteiger partial charge is 0.126 e. The van der Waals surface area contributed by atoms with Crippen molar-refractivity contribution in [1.29, 1.82) is 0 Å². The molecule has 2 atom stereocenters. The number of rotatable bonds is 6. The second-order valence-corrected chi connectivity index (χ2v) is 6.12. The van der Waals surface area contributed by atoms with Crippen LogP contribution in [0.1, 0.15) is 52.9 Å². The van der Waals surface area contributed by atoms with E-state index in [1.807, 2.05) is 0 Å². The van der Waals surface area contributed by atoms with Crippen molar-refractivity contribution in [2.24, 2.45) is 5.92 Å². The van der Waals surface area contributed by atoms with E-state index in [9.17, 15) is 0 Å². The maximum Gasteiger partial charge on any atom is 0.126 e. The van der Waals surface area contributed by atoms with Crippen LogP contribution in [-0.2, 0) is 6.54 Å². The van der Waals surface area contributed by atoms with E-state index in [0.717, 1.165) is 23.8 Å². The van der Waals surface area contributed by atoms with Crippen LogP contribution in [0.15, 0.2) is 24.3 Å². The van der Waals surface area contributed by atoms with Gasteiger partial charge in [0.05, 0.1) is 17.1 Å². The van der Waals surface area contributed by atoms with Crippen molar-refractivity contribution >= 4 is 11.0 Å². The molecule has 0 spiro atoms. The maximum absolute atomic E-state index is 4.82. The first kappa shape index (κ1) is 15.0. The van der Waals surface area contributed by atoms with Gasteiger partial charge in [-0.05, 0) is 45.2 Å². The van der Waals surface area contributed by atoms with E-state index in [1.165, 1.54) is 11.9 Å². The molecule has 1 aromatic carbocycles. The number of benzene rings is 1. The quantitative estimate of drug-likeness (QED) is 0.857. The SMILES string of the molecule is CCn1c([C@H](C)N[C@H](C)CC(C)C)nc2ccccc21. The van der Waals surface area contributed by atoms with Crippen LogP contribution < -0.4 is 5.32 Å². The van der Waals surface area contributed by atoms with Crippen LogP contribution in [0.4, 0.5) is 0 Å². The summed E-state index contributed by atoms with van der Waals surface area (Å²) in [6.07, 6.45) is 1.19. The minimum atomic E-state index is 0.274. The highest BCUT2D eigenvalue weighted by Crippen LogP contribution is 2.21. The normalized spacial score (nSPS) is 14.9. The molecule has 20 heavy (non-hydrogen) atoms. The first-order valence-corrected chi connectivity index (χ1v) is 7.74. The number of hydrogen-bond acceptors (Lipinski definition) is 2. The standard InChI is InChI=1S/C17H27N3/c1-6-20-16-10-8-7-9-15(16)19-17(20)14(5)18-13(4)11-12(2)3/h7-10,12-14,18H,6,11H2,1-5H3/t13-,14+/m1/s1. The molecule has 0 bridgehead atoms. The third-order valence-electron chi connectivity index (χ3n) is 3.75. The fraction of sp³-hybridized carbons (Fsp3) is 0.588. The lowest BCUT2D eigenvalue weighted by atomic mass is 10.0. The second-order valence-electron chi connectivity index (χ2n) is 6.12. The monoisotopic (exact) mass is 273 g/mol. The Kier molecular flexibility index (Phi) is 4.81. The topological polar surface area (TPSA) is 29.9 Å². The molecule has 1 aromatic heterocycles. The third kappa shape index (κ3) is 3.21. The van der Waals surface area contributed by atoms with Crippen LogP contribution in [-0.4, -0.2) is 15.6 Å². The highest BCUT2D eigenvalue weighted by molar-refractivity contribution is 5.76. The van der Waals surface area contributed by atoms with Gasteiger partial charge in [0.2, 0.25) is 0 Å². The van der Waals surface area contributed by atoms with Crippen LogP contribution in [0.3, 0.4) is 0 Å². The molecule has 0 unspecified atom stereocenters. The Morgan fingerprint density at radius 1 is 1.15 bits per heavy atom. The third-order valence-corrected chi connectivity index (χ3v) is 3.75. The minimum absolute atomic E-state index is 0.274. The molecular weight excluding hydrogens is 246 g/mol. The fourth-order valence-electron chi connectivity index (χ4n) is 3.03. The highest BCUT2D eigenvalue weighted by atomic mass is 15.1. The van der Waals surface area contributed by atoms with Crippen LogP contribution in [0.5, 0.6) is 0 Å². The van der Waals surface area contributed by atoms with Crippen molar-refractivity contribution in [3.63, 3.8) is 0 Å². The molecular formula is C17H27N3. The first-order valence-electron chi connectivity index (χ1n) is 7.74. The number of aryl methyl sites for hydroxylation is 1. The predicted octanol–water partition coefficient (Wildman–Crippen LogP) is 4.14. The molecule has 1 N–H and O–H groups in total. The van der Waals surface area contributed by atoms with Gasteiger partial charge >= 0.3 is 0 Å². The minimum Gasteiger partial charge on any atom is -0.327 e. The number of imidazole rings is 1.